The number of benzene rings is 2. The van der Waals surface area contributed by atoms with Gasteiger partial charge in [0.05, 0.1) is 19.6 Å². The summed E-state index contributed by atoms with van der Waals surface area (Å²) in [5.41, 5.74) is 10.6. The number of rotatable bonds is 21. The van der Waals surface area contributed by atoms with E-state index in [0.717, 1.165) is 87.1 Å². The number of nitrogens with zero attached hydrogens (tertiary/aromatic N) is 4. The van der Waals surface area contributed by atoms with E-state index >= 15 is 0 Å². The van der Waals surface area contributed by atoms with Crippen LogP contribution in [0.4, 0.5) is 11.4 Å². The highest BCUT2D eigenvalue weighted by molar-refractivity contribution is 7.89. The highest BCUT2D eigenvalue weighted by Gasteiger charge is 2.29. The summed E-state index contributed by atoms with van der Waals surface area (Å²) in [6.07, 6.45) is 5.67. The normalized spacial score (nSPS) is 12.2. The number of sulfonamides is 2. The molecule has 42 heavy (non-hydrogen) atoms. The van der Waals surface area contributed by atoms with E-state index in [1.807, 2.05) is 0 Å². The molecule has 0 aliphatic heterocycles. The topological polar surface area (TPSA) is 213 Å². The molecule has 0 amide bonds. The lowest BCUT2D eigenvalue weighted by molar-refractivity contribution is -0.385. The summed E-state index contributed by atoms with van der Waals surface area (Å²) >= 11 is 0. The third-order valence-corrected chi connectivity index (χ3v) is 10.5. The molecule has 0 unspecified atom stereocenters. The minimum atomic E-state index is -4.11. The first-order valence-corrected chi connectivity index (χ1v) is 16.7. The maximum absolute atomic E-state index is 13.6. The summed E-state index contributed by atoms with van der Waals surface area (Å²) < 4.78 is 56.8. The number of nitrogens with two attached hydrogens (primary N) is 2. The lowest BCUT2D eigenvalue weighted by Gasteiger charge is -2.27. The van der Waals surface area contributed by atoms with Gasteiger partial charge < -0.3 is 11.5 Å². The second kappa shape index (κ2) is 17.2. The maximum atomic E-state index is 13.6. The van der Waals surface area contributed by atoms with Crippen LogP contribution in [0, 0.1) is 20.2 Å². The van der Waals surface area contributed by atoms with Crippen LogP contribution in [0.15, 0.2) is 58.3 Å². The van der Waals surface area contributed by atoms with Gasteiger partial charge in [-0.25, -0.2) is 16.8 Å². The minimum absolute atomic E-state index is 0.117. The Balaban J connectivity index is 2.33. The molecule has 0 heterocycles. The fourth-order valence-corrected chi connectivity index (χ4v) is 7.22. The Hall–Kier alpha value is -3.02. The molecular formula is C26H40N6O8S2. The summed E-state index contributed by atoms with van der Waals surface area (Å²) in [5, 5.41) is 22.1. The number of nitro benzene ring substituents is 2. The van der Waals surface area contributed by atoms with Gasteiger partial charge in [0.2, 0.25) is 20.0 Å². The molecule has 4 N–H and O–H groups in total. The first-order valence-electron chi connectivity index (χ1n) is 13.8. The molecule has 0 radical (unpaired) electrons. The van der Waals surface area contributed by atoms with Crippen molar-refractivity contribution in [3.63, 3.8) is 0 Å². The molecule has 0 spiro atoms. The fourth-order valence-electron chi connectivity index (χ4n) is 4.28. The van der Waals surface area contributed by atoms with E-state index in [4.69, 9.17) is 11.5 Å². The molecule has 16 heteroatoms. The van der Waals surface area contributed by atoms with E-state index in [1.165, 1.54) is 8.61 Å². The highest BCUT2D eigenvalue weighted by Crippen LogP contribution is 2.23. The Kier molecular flexibility index (Phi) is 14.4. The first-order chi connectivity index (χ1) is 19.9. The molecule has 14 nitrogen and oxygen atoms in total. The quantitative estimate of drug-likeness (QED) is 0.117. The van der Waals surface area contributed by atoms with Crippen molar-refractivity contribution in [3.05, 3.63) is 68.8 Å². The molecule has 0 bridgehead atoms. The molecule has 234 valence electrons. The van der Waals surface area contributed by atoms with Gasteiger partial charge in [-0.1, -0.05) is 25.7 Å². The minimum Gasteiger partial charge on any atom is -0.330 e. The van der Waals surface area contributed by atoms with E-state index in [0.29, 0.717) is 25.9 Å². The molecule has 2 aromatic carbocycles. The van der Waals surface area contributed by atoms with Gasteiger partial charge in [-0.2, -0.15) is 8.61 Å². The van der Waals surface area contributed by atoms with Crippen LogP contribution in [0.1, 0.15) is 51.4 Å². The molecule has 0 atom stereocenters. The van der Waals surface area contributed by atoms with Gasteiger partial charge in [0.25, 0.3) is 11.4 Å². The average molecular weight is 629 g/mol. The van der Waals surface area contributed by atoms with Crippen LogP contribution >= 0.6 is 0 Å². The zero-order chi connectivity index (χ0) is 31.2. The number of non-ortho nitro benzene ring substituents is 2. The van der Waals surface area contributed by atoms with E-state index in [-0.39, 0.29) is 47.3 Å². The number of hydrogen-bond acceptors (Lipinski definition) is 10. The van der Waals surface area contributed by atoms with Gasteiger partial charge in [0.15, 0.2) is 0 Å². The van der Waals surface area contributed by atoms with Crippen LogP contribution in [0.2, 0.25) is 0 Å². The second-order valence-electron chi connectivity index (χ2n) is 9.72. The third-order valence-electron chi connectivity index (χ3n) is 6.69. The predicted molar refractivity (Wildman–Crippen MR) is 159 cm³/mol. The molecule has 0 aliphatic carbocycles. The van der Waals surface area contributed by atoms with Gasteiger partial charge in [0.1, 0.15) is 0 Å². The predicted octanol–water partition coefficient (Wildman–Crippen LogP) is 3.22. The summed E-state index contributed by atoms with van der Waals surface area (Å²) in [7, 11) is -8.23. The summed E-state index contributed by atoms with van der Waals surface area (Å²) in [6.45, 7) is 0.950. The molecule has 2 rings (SSSR count). The Morgan fingerprint density at radius 3 is 1.12 bits per heavy atom. The van der Waals surface area contributed by atoms with E-state index in [1.54, 1.807) is 0 Å². The largest absolute Gasteiger partial charge is 0.330 e. The zero-order valence-corrected chi connectivity index (χ0v) is 25.2. The van der Waals surface area contributed by atoms with E-state index in [2.05, 4.69) is 0 Å². The first kappa shape index (κ1) is 35.2. The maximum Gasteiger partial charge on any atom is 0.269 e. The number of unbranched alkanes of at least 4 members (excludes halogenated alkanes) is 6. The van der Waals surface area contributed by atoms with E-state index in [9.17, 15) is 37.1 Å². The Bertz CT molecular complexity index is 1250. The van der Waals surface area contributed by atoms with Crippen molar-refractivity contribution in [3.8, 4) is 0 Å². The van der Waals surface area contributed by atoms with Crippen LogP contribution in [-0.4, -0.2) is 74.6 Å². The Morgan fingerprint density at radius 1 is 0.524 bits per heavy atom. The molecule has 0 fully saturated rings. The van der Waals surface area contributed by atoms with Crippen LogP contribution in [0.5, 0.6) is 0 Å². The average Bonchev–Trinajstić information content (AvgIpc) is 2.97. The summed E-state index contributed by atoms with van der Waals surface area (Å²) in [4.78, 5) is 20.6. The van der Waals surface area contributed by atoms with Crippen LogP contribution in [0.25, 0.3) is 0 Å². The van der Waals surface area contributed by atoms with Crippen molar-refractivity contribution in [2.45, 2.75) is 61.2 Å². The Morgan fingerprint density at radius 2 is 0.833 bits per heavy atom. The zero-order valence-electron chi connectivity index (χ0n) is 23.5. The molecule has 0 aliphatic rings. The number of nitro groups is 2. The van der Waals surface area contributed by atoms with Crippen molar-refractivity contribution in [2.75, 3.05) is 39.3 Å². The van der Waals surface area contributed by atoms with Gasteiger partial charge in [-0.05, 0) is 63.0 Å². The van der Waals surface area contributed by atoms with Crippen molar-refractivity contribution >= 4 is 31.4 Å². The number of hydrogen-bond donors (Lipinski definition) is 2. The second-order valence-corrected chi connectivity index (χ2v) is 13.6. The van der Waals surface area contributed by atoms with Crippen molar-refractivity contribution in [1.82, 2.24) is 8.61 Å². The fraction of sp³-hybridized carbons (Fsp3) is 0.538. The van der Waals surface area contributed by atoms with E-state index < -0.39 is 29.9 Å². The van der Waals surface area contributed by atoms with Crippen molar-refractivity contribution < 1.29 is 26.7 Å². The molecule has 2 aromatic rings. The SMILES string of the molecule is NCCCCCCN(CCN(CCCCCCN)S(=O)(=O)c1ccc([N+](=O)[O-])cc1)S(=O)(=O)c1ccc([N+](=O)[O-])cc1. The molecule has 0 aromatic heterocycles. The van der Waals surface area contributed by atoms with Gasteiger partial charge in [0, 0.05) is 50.4 Å². The van der Waals surface area contributed by atoms with Crippen molar-refractivity contribution in [1.29, 1.82) is 0 Å². The smallest absolute Gasteiger partial charge is 0.269 e. The monoisotopic (exact) mass is 628 g/mol. The van der Waals surface area contributed by atoms with Gasteiger partial charge >= 0.3 is 0 Å². The highest BCUT2D eigenvalue weighted by atomic mass is 32.2. The van der Waals surface area contributed by atoms with Gasteiger partial charge in [-0.3, -0.25) is 20.2 Å². The lowest BCUT2D eigenvalue weighted by Crippen LogP contribution is -2.42. The molecule has 0 saturated carbocycles. The van der Waals surface area contributed by atoms with Crippen LogP contribution in [-0.2, 0) is 20.0 Å². The molecule has 0 saturated heterocycles. The molecular weight excluding hydrogens is 588 g/mol. The summed E-state index contributed by atoms with van der Waals surface area (Å²) in [5.74, 6) is 0. The van der Waals surface area contributed by atoms with Crippen LogP contribution < -0.4 is 11.5 Å². The standard InChI is InChI=1S/C26H40N6O8S2/c27-17-5-1-3-7-19-29(41(37,38)25-13-9-23(10-14-25)31(33)34)21-22-30(20-8-4-2-6-18-28)42(39,40)26-15-11-24(12-16-26)32(35)36/h9-16H,1-8,17-22,27-28H2. The lowest BCUT2D eigenvalue weighted by atomic mass is 10.2. The Labute approximate surface area is 247 Å². The van der Waals surface area contributed by atoms with Gasteiger partial charge in [-0.15, -0.1) is 0 Å². The third kappa shape index (κ3) is 10.4. The van der Waals surface area contributed by atoms with Crippen LogP contribution in [0.3, 0.4) is 0 Å². The summed E-state index contributed by atoms with van der Waals surface area (Å²) in [6, 6.07) is 9.10. The van der Waals surface area contributed by atoms with Crippen molar-refractivity contribution in [2.24, 2.45) is 11.5 Å².